The number of nitrogens with zero attached hydrogens (tertiary/aromatic N) is 1. The molecule has 1 aromatic rings. The molecule has 6 heteroatoms. The predicted molar refractivity (Wildman–Crippen MR) is 95.6 cm³/mol. The van der Waals surface area contributed by atoms with Crippen LogP contribution in [0.2, 0.25) is 0 Å². The third kappa shape index (κ3) is 6.45. The summed E-state index contributed by atoms with van der Waals surface area (Å²) >= 11 is 0. The second kappa shape index (κ2) is 9.59. The second-order valence-electron chi connectivity index (χ2n) is 6.76. The van der Waals surface area contributed by atoms with E-state index < -0.39 is 0 Å². The number of hydrogen-bond donors (Lipinski definition) is 2. The van der Waals surface area contributed by atoms with Gasteiger partial charge in [0, 0.05) is 39.9 Å². The van der Waals surface area contributed by atoms with Gasteiger partial charge in [0.15, 0.2) is 5.96 Å². The van der Waals surface area contributed by atoms with Crippen molar-refractivity contribution < 1.29 is 13.9 Å². The molecular weight excluding hydrogens is 309 g/mol. The van der Waals surface area contributed by atoms with Crippen LogP contribution in [0.15, 0.2) is 23.2 Å². The summed E-state index contributed by atoms with van der Waals surface area (Å²) in [5, 5.41) is 6.49. The van der Waals surface area contributed by atoms with E-state index in [9.17, 15) is 4.39 Å². The van der Waals surface area contributed by atoms with Gasteiger partial charge in [0.05, 0.1) is 12.7 Å². The highest BCUT2D eigenvalue weighted by molar-refractivity contribution is 5.79. The van der Waals surface area contributed by atoms with Crippen molar-refractivity contribution in [1.29, 1.82) is 0 Å². The largest absolute Gasteiger partial charge is 0.380 e. The number of guanidine groups is 1. The number of hydrogen-bond acceptors (Lipinski definition) is 3. The third-order valence-electron chi connectivity index (χ3n) is 3.80. The first-order valence-corrected chi connectivity index (χ1v) is 8.05. The maximum Gasteiger partial charge on any atom is 0.191 e. The molecule has 0 bridgehead atoms. The zero-order valence-electron chi connectivity index (χ0n) is 15.6. The quantitative estimate of drug-likeness (QED) is 0.592. The van der Waals surface area contributed by atoms with E-state index in [1.54, 1.807) is 33.4 Å². The molecule has 2 N–H and O–H groups in total. The van der Waals surface area contributed by atoms with Crippen LogP contribution in [0.1, 0.15) is 31.9 Å². The number of ether oxygens (including phenoxy) is 2. The summed E-state index contributed by atoms with van der Waals surface area (Å²) in [6.45, 7) is 7.86. The Morgan fingerprint density at radius 1 is 1.25 bits per heavy atom. The fourth-order valence-corrected chi connectivity index (χ4v) is 2.34. The van der Waals surface area contributed by atoms with Crippen LogP contribution in [-0.4, -0.2) is 39.9 Å². The fraction of sp³-hybridized carbons (Fsp3) is 0.611. The molecule has 1 rings (SSSR count). The molecule has 0 spiro atoms. The minimum atomic E-state index is -0.253. The highest BCUT2D eigenvalue weighted by Crippen LogP contribution is 2.20. The van der Waals surface area contributed by atoms with Crippen molar-refractivity contribution >= 4 is 5.96 Å². The van der Waals surface area contributed by atoms with Gasteiger partial charge in [-0.1, -0.05) is 26.8 Å². The van der Waals surface area contributed by atoms with Crippen LogP contribution in [0.3, 0.4) is 0 Å². The molecule has 1 atom stereocenters. The van der Waals surface area contributed by atoms with Gasteiger partial charge in [0.2, 0.25) is 0 Å². The molecule has 0 aliphatic rings. The molecule has 0 amide bonds. The molecule has 0 radical (unpaired) electrons. The highest BCUT2D eigenvalue weighted by atomic mass is 19.1. The van der Waals surface area contributed by atoms with Crippen molar-refractivity contribution in [3.63, 3.8) is 0 Å². The van der Waals surface area contributed by atoms with Crippen LogP contribution in [0.25, 0.3) is 0 Å². The molecule has 0 aromatic heterocycles. The van der Waals surface area contributed by atoms with Gasteiger partial charge < -0.3 is 20.1 Å². The first-order valence-electron chi connectivity index (χ1n) is 8.05. The predicted octanol–water partition coefficient (Wildman–Crippen LogP) is 2.70. The van der Waals surface area contributed by atoms with E-state index in [1.807, 2.05) is 0 Å². The van der Waals surface area contributed by atoms with E-state index in [0.29, 0.717) is 24.6 Å². The van der Waals surface area contributed by atoms with E-state index in [2.05, 4.69) is 36.4 Å². The molecule has 0 saturated heterocycles. The average Bonchev–Trinajstić information content (AvgIpc) is 2.52. The summed E-state index contributed by atoms with van der Waals surface area (Å²) in [6.07, 6.45) is 0.0650. The standard InChI is InChI=1S/C18H30FN3O2/c1-18(2,3)16(24-6)11-22-17(20-4)21-10-13-7-8-15(19)14(9-13)12-23-5/h7-9,16H,10-12H2,1-6H3,(H2,20,21,22). The van der Waals surface area contributed by atoms with Crippen LogP contribution >= 0.6 is 0 Å². The molecular formula is C18H30FN3O2. The van der Waals surface area contributed by atoms with E-state index >= 15 is 0 Å². The number of benzene rings is 1. The number of rotatable bonds is 7. The van der Waals surface area contributed by atoms with Crippen molar-refractivity contribution in [3.8, 4) is 0 Å². The Balaban J connectivity index is 2.60. The van der Waals surface area contributed by atoms with E-state index in [-0.39, 0.29) is 23.9 Å². The lowest BCUT2D eigenvalue weighted by atomic mass is 9.89. The zero-order chi connectivity index (χ0) is 18.2. The van der Waals surface area contributed by atoms with Crippen LogP contribution < -0.4 is 10.6 Å². The molecule has 24 heavy (non-hydrogen) atoms. The number of aliphatic imine (C=N–C) groups is 1. The normalized spacial score (nSPS) is 13.7. The Kier molecular flexibility index (Phi) is 8.15. The second-order valence-corrected chi connectivity index (χ2v) is 6.76. The molecule has 1 aromatic carbocycles. The van der Waals surface area contributed by atoms with Crippen LogP contribution in [-0.2, 0) is 22.6 Å². The van der Waals surface area contributed by atoms with E-state index in [0.717, 1.165) is 5.56 Å². The molecule has 0 aliphatic carbocycles. The van der Waals surface area contributed by atoms with Gasteiger partial charge in [-0.2, -0.15) is 0 Å². The van der Waals surface area contributed by atoms with Gasteiger partial charge in [-0.05, 0) is 23.1 Å². The summed E-state index contributed by atoms with van der Waals surface area (Å²) in [7, 11) is 4.98. The maximum absolute atomic E-state index is 13.6. The van der Waals surface area contributed by atoms with Crippen molar-refractivity contribution in [2.75, 3.05) is 27.8 Å². The highest BCUT2D eigenvalue weighted by Gasteiger charge is 2.24. The monoisotopic (exact) mass is 339 g/mol. The number of nitrogens with one attached hydrogen (secondary N) is 2. The van der Waals surface area contributed by atoms with Crippen LogP contribution in [0.4, 0.5) is 4.39 Å². The zero-order valence-corrected chi connectivity index (χ0v) is 15.6. The average molecular weight is 339 g/mol. The van der Waals surface area contributed by atoms with Gasteiger partial charge in [0.25, 0.3) is 0 Å². The molecule has 0 aliphatic heterocycles. The van der Waals surface area contributed by atoms with E-state index in [1.165, 1.54) is 6.07 Å². The topological polar surface area (TPSA) is 54.9 Å². The van der Waals surface area contributed by atoms with Gasteiger partial charge in [0.1, 0.15) is 5.82 Å². The van der Waals surface area contributed by atoms with Crippen molar-refractivity contribution in [1.82, 2.24) is 10.6 Å². The fourth-order valence-electron chi connectivity index (χ4n) is 2.34. The lowest BCUT2D eigenvalue weighted by Gasteiger charge is -2.30. The summed E-state index contributed by atoms with van der Waals surface area (Å²) in [5.74, 6) is 0.426. The number of halogens is 1. The van der Waals surface area contributed by atoms with E-state index in [4.69, 9.17) is 9.47 Å². The maximum atomic E-state index is 13.6. The Morgan fingerprint density at radius 3 is 2.50 bits per heavy atom. The molecule has 136 valence electrons. The van der Waals surface area contributed by atoms with Crippen molar-refractivity contribution in [3.05, 3.63) is 35.1 Å². The molecule has 0 heterocycles. The Morgan fingerprint density at radius 2 is 1.96 bits per heavy atom. The Hall–Kier alpha value is -1.66. The molecule has 1 unspecified atom stereocenters. The Labute approximate surface area is 144 Å². The lowest BCUT2D eigenvalue weighted by Crippen LogP contribution is -2.45. The first kappa shape index (κ1) is 20.4. The van der Waals surface area contributed by atoms with Crippen molar-refractivity contribution in [2.45, 2.75) is 40.0 Å². The van der Waals surface area contributed by atoms with Crippen LogP contribution in [0, 0.1) is 11.2 Å². The van der Waals surface area contributed by atoms with Crippen molar-refractivity contribution in [2.24, 2.45) is 10.4 Å². The molecule has 5 nitrogen and oxygen atoms in total. The lowest BCUT2D eigenvalue weighted by molar-refractivity contribution is 0.0205. The van der Waals surface area contributed by atoms with Gasteiger partial charge in [-0.25, -0.2) is 4.39 Å². The third-order valence-corrected chi connectivity index (χ3v) is 3.80. The molecule has 0 fully saturated rings. The Bertz CT molecular complexity index is 542. The minimum absolute atomic E-state index is 0.0343. The smallest absolute Gasteiger partial charge is 0.191 e. The van der Waals surface area contributed by atoms with Gasteiger partial charge in [-0.3, -0.25) is 4.99 Å². The van der Waals surface area contributed by atoms with Gasteiger partial charge in [-0.15, -0.1) is 0 Å². The summed E-state index contributed by atoms with van der Waals surface area (Å²) in [5.41, 5.74) is 1.55. The summed E-state index contributed by atoms with van der Waals surface area (Å²) in [6, 6.07) is 5.01. The van der Waals surface area contributed by atoms with Crippen LogP contribution in [0.5, 0.6) is 0 Å². The minimum Gasteiger partial charge on any atom is -0.380 e. The van der Waals surface area contributed by atoms with Gasteiger partial charge >= 0.3 is 0 Å². The number of methoxy groups -OCH3 is 2. The molecule has 0 saturated carbocycles. The SMILES string of the molecule is CN=C(NCc1ccc(F)c(COC)c1)NCC(OC)C(C)(C)C. The first-order chi connectivity index (χ1) is 11.3. The summed E-state index contributed by atoms with van der Waals surface area (Å²) in [4.78, 5) is 4.21. The summed E-state index contributed by atoms with van der Waals surface area (Å²) < 4.78 is 24.2.